The Hall–Kier alpha value is -3.63. The number of halogens is 2. The molecule has 0 saturated carbocycles. The van der Waals surface area contributed by atoms with Crippen LogP contribution >= 0.6 is 11.6 Å². The van der Waals surface area contributed by atoms with Crippen molar-refractivity contribution >= 4 is 11.6 Å². The van der Waals surface area contributed by atoms with Gasteiger partial charge in [-0.1, -0.05) is 11.6 Å². The molecule has 4 rings (SSSR count). The Kier molecular flexibility index (Phi) is 6.44. The van der Waals surface area contributed by atoms with Gasteiger partial charge in [0.2, 0.25) is 0 Å². The Morgan fingerprint density at radius 3 is 2.51 bits per heavy atom. The van der Waals surface area contributed by atoms with Gasteiger partial charge in [-0.2, -0.15) is 0 Å². The molecule has 0 atom stereocenters. The highest BCUT2D eigenvalue weighted by Gasteiger charge is 2.22. The van der Waals surface area contributed by atoms with E-state index in [9.17, 15) is 14.3 Å². The number of nitrogens with zero attached hydrogens (tertiary/aromatic N) is 6. The van der Waals surface area contributed by atoms with Gasteiger partial charge in [0.15, 0.2) is 11.6 Å². The second kappa shape index (κ2) is 9.20. The second-order valence-electron chi connectivity index (χ2n) is 8.74. The first-order chi connectivity index (χ1) is 16.5. The summed E-state index contributed by atoms with van der Waals surface area (Å²) >= 11 is 6.37. The van der Waals surface area contributed by atoms with Crippen LogP contribution in [0.2, 0.25) is 5.02 Å². The van der Waals surface area contributed by atoms with E-state index in [1.54, 1.807) is 46.0 Å². The summed E-state index contributed by atoms with van der Waals surface area (Å²) < 4.78 is 22.6. The van der Waals surface area contributed by atoms with Gasteiger partial charge in [0.05, 0.1) is 5.69 Å². The molecule has 11 heteroatoms. The fourth-order valence-corrected chi connectivity index (χ4v) is 3.62. The van der Waals surface area contributed by atoms with E-state index >= 15 is 0 Å². The lowest BCUT2D eigenvalue weighted by molar-refractivity contribution is 0.0688. The summed E-state index contributed by atoms with van der Waals surface area (Å²) in [6.07, 6.45) is 4.58. The van der Waals surface area contributed by atoms with Gasteiger partial charge in [0, 0.05) is 30.2 Å². The van der Waals surface area contributed by atoms with Crippen molar-refractivity contribution in [3.05, 3.63) is 86.5 Å². The molecule has 1 N–H and O–H groups in total. The maximum atomic E-state index is 14.1. The fourth-order valence-electron chi connectivity index (χ4n) is 3.42. The quantitative estimate of drug-likeness (QED) is 0.431. The largest absolute Gasteiger partial charge is 0.485 e. The molecule has 0 spiro atoms. The summed E-state index contributed by atoms with van der Waals surface area (Å²) in [7, 11) is 0. The second-order valence-corrected chi connectivity index (χ2v) is 9.11. The number of ether oxygens (including phenoxy) is 1. The van der Waals surface area contributed by atoms with E-state index in [2.05, 4.69) is 20.1 Å². The molecule has 0 amide bonds. The van der Waals surface area contributed by atoms with Crippen molar-refractivity contribution in [2.75, 3.05) is 0 Å². The van der Waals surface area contributed by atoms with Gasteiger partial charge in [0.1, 0.15) is 40.8 Å². The molecule has 0 bridgehead atoms. The summed E-state index contributed by atoms with van der Waals surface area (Å²) in [6.45, 7) is 8.27. The molecule has 0 fully saturated rings. The predicted octanol–water partition coefficient (Wildman–Crippen LogP) is 3.73. The molecule has 0 saturated heterocycles. The van der Waals surface area contributed by atoms with Crippen molar-refractivity contribution in [1.82, 2.24) is 29.3 Å². The van der Waals surface area contributed by atoms with Gasteiger partial charge in [-0.25, -0.2) is 19.0 Å². The highest BCUT2D eigenvalue weighted by Crippen LogP contribution is 2.26. The maximum Gasteiger partial charge on any atom is 0.277 e. The van der Waals surface area contributed by atoms with E-state index in [4.69, 9.17) is 16.3 Å². The Morgan fingerprint density at radius 1 is 1.11 bits per heavy atom. The Labute approximate surface area is 205 Å². The van der Waals surface area contributed by atoms with Crippen molar-refractivity contribution in [1.29, 1.82) is 0 Å². The molecule has 35 heavy (non-hydrogen) atoms. The lowest BCUT2D eigenvalue weighted by Crippen LogP contribution is -2.23. The molecule has 182 valence electrons. The van der Waals surface area contributed by atoms with Crippen molar-refractivity contribution in [2.24, 2.45) is 0 Å². The Morgan fingerprint density at radius 2 is 1.86 bits per heavy atom. The number of aromatic nitrogens is 6. The molecule has 0 aliphatic rings. The molecule has 4 aromatic heterocycles. The average Bonchev–Trinajstić information content (AvgIpc) is 3.28. The maximum absolute atomic E-state index is 14.1. The molecule has 4 aromatic rings. The molecule has 9 nitrogen and oxygen atoms in total. The van der Waals surface area contributed by atoms with Gasteiger partial charge in [-0.3, -0.25) is 14.3 Å². The summed E-state index contributed by atoms with van der Waals surface area (Å²) in [6, 6.07) is 4.65. The van der Waals surface area contributed by atoms with E-state index in [0.29, 0.717) is 22.8 Å². The van der Waals surface area contributed by atoms with Crippen LogP contribution in [-0.4, -0.2) is 34.4 Å². The number of hydrogen-bond donors (Lipinski definition) is 1. The number of pyridine rings is 3. The van der Waals surface area contributed by atoms with E-state index in [1.165, 1.54) is 27.8 Å². The van der Waals surface area contributed by atoms with Crippen LogP contribution in [0, 0.1) is 26.6 Å². The van der Waals surface area contributed by atoms with Gasteiger partial charge >= 0.3 is 0 Å². The van der Waals surface area contributed by atoms with E-state index < -0.39 is 17.0 Å². The fraction of sp³-hybridized carbons (Fsp3) is 0.292. The van der Waals surface area contributed by atoms with Gasteiger partial charge in [-0.05, 0) is 51.8 Å². The molecule has 0 unspecified atom stereocenters. The number of aliphatic hydroxyl groups is 1. The van der Waals surface area contributed by atoms with Crippen LogP contribution < -0.4 is 10.3 Å². The third-order valence-electron chi connectivity index (χ3n) is 5.29. The van der Waals surface area contributed by atoms with Crippen LogP contribution in [0.4, 0.5) is 4.39 Å². The average molecular weight is 499 g/mol. The van der Waals surface area contributed by atoms with Crippen LogP contribution in [0.1, 0.15) is 42.2 Å². The standard InChI is InChI=1S/C24H24ClFN6O3/c1-13-6-16(26)17(27-9-13)11-35-19-7-15(3)32(22(33)21(19)25)18-8-20(28-10-14(18)2)31-12-29-23(30-31)24(4,5)34/h6-10,12,34H,11H2,1-5H3. The summed E-state index contributed by atoms with van der Waals surface area (Å²) in [5.41, 5.74) is 0.887. The summed E-state index contributed by atoms with van der Waals surface area (Å²) in [5, 5.41) is 14.3. The van der Waals surface area contributed by atoms with Crippen LogP contribution in [0.25, 0.3) is 11.5 Å². The minimum absolute atomic E-state index is 0.112. The first-order valence-electron chi connectivity index (χ1n) is 10.7. The highest BCUT2D eigenvalue weighted by atomic mass is 35.5. The van der Waals surface area contributed by atoms with Crippen molar-refractivity contribution in [2.45, 2.75) is 46.8 Å². The lowest BCUT2D eigenvalue weighted by Gasteiger charge is -2.16. The predicted molar refractivity (Wildman–Crippen MR) is 128 cm³/mol. The minimum Gasteiger partial charge on any atom is -0.485 e. The van der Waals surface area contributed by atoms with Crippen LogP contribution in [0.15, 0.2) is 41.7 Å². The molecular formula is C24H24ClFN6O3. The Bertz CT molecular complexity index is 1480. The molecule has 0 radical (unpaired) electrons. The molecule has 0 aliphatic carbocycles. The third-order valence-corrected chi connectivity index (χ3v) is 5.64. The Balaban J connectivity index is 1.70. The SMILES string of the molecule is Cc1cnc(COc2cc(C)n(-c3cc(-n4cnc(C(C)(C)O)n4)ncc3C)c(=O)c2Cl)c(F)c1. The minimum atomic E-state index is -1.22. The summed E-state index contributed by atoms with van der Waals surface area (Å²) in [5.74, 6) is 0.272. The van der Waals surface area contributed by atoms with Gasteiger partial charge < -0.3 is 9.84 Å². The van der Waals surface area contributed by atoms with Gasteiger partial charge in [-0.15, -0.1) is 5.10 Å². The lowest BCUT2D eigenvalue weighted by atomic mass is 10.1. The molecule has 4 heterocycles. The zero-order chi connectivity index (χ0) is 25.5. The number of rotatable bonds is 6. The first kappa shape index (κ1) is 24.5. The van der Waals surface area contributed by atoms with E-state index in [0.717, 1.165) is 5.56 Å². The number of hydrogen-bond acceptors (Lipinski definition) is 7. The summed E-state index contributed by atoms with van der Waals surface area (Å²) in [4.78, 5) is 25.8. The topological polar surface area (TPSA) is 108 Å². The first-order valence-corrected chi connectivity index (χ1v) is 11.1. The van der Waals surface area contributed by atoms with Crippen molar-refractivity contribution in [3.8, 4) is 17.3 Å². The van der Waals surface area contributed by atoms with Gasteiger partial charge in [0.25, 0.3) is 5.56 Å². The number of aryl methyl sites for hydroxylation is 3. The van der Waals surface area contributed by atoms with E-state index in [1.807, 2.05) is 6.92 Å². The van der Waals surface area contributed by atoms with Crippen LogP contribution in [0.5, 0.6) is 5.75 Å². The molecule has 0 aromatic carbocycles. The molecule has 0 aliphatic heterocycles. The normalized spacial score (nSPS) is 11.7. The zero-order valence-electron chi connectivity index (χ0n) is 19.9. The van der Waals surface area contributed by atoms with Crippen molar-refractivity contribution < 1.29 is 14.2 Å². The molecular weight excluding hydrogens is 475 g/mol. The van der Waals surface area contributed by atoms with Crippen LogP contribution in [-0.2, 0) is 12.2 Å². The van der Waals surface area contributed by atoms with E-state index in [-0.39, 0.29) is 28.9 Å². The third kappa shape index (κ3) is 4.94. The van der Waals surface area contributed by atoms with Crippen molar-refractivity contribution in [3.63, 3.8) is 0 Å². The smallest absolute Gasteiger partial charge is 0.277 e. The highest BCUT2D eigenvalue weighted by molar-refractivity contribution is 6.31. The monoisotopic (exact) mass is 498 g/mol. The zero-order valence-corrected chi connectivity index (χ0v) is 20.6. The van der Waals surface area contributed by atoms with Crippen LogP contribution in [0.3, 0.4) is 0 Å².